The average Bonchev–Trinajstić information content (AvgIpc) is 2.94. The van der Waals surface area contributed by atoms with E-state index in [0.717, 1.165) is 12.1 Å². The summed E-state index contributed by atoms with van der Waals surface area (Å²) in [6, 6.07) is 2.75. The summed E-state index contributed by atoms with van der Waals surface area (Å²) in [5.74, 6) is 0. The van der Waals surface area contributed by atoms with Crippen LogP contribution in [0.25, 0.3) is 0 Å². The maximum Gasteiger partial charge on any atom is 0.0643 e. The van der Waals surface area contributed by atoms with Crippen LogP contribution in [0.3, 0.4) is 0 Å². The Kier molecular flexibility index (Phi) is 3.81. The first kappa shape index (κ1) is 12.8. The largest absolute Gasteiger partial charge is 0.313 e. The van der Waals surface area contributed by atoms with Crippen LogP contribution in [0, 0.1) is 0 Å². The van der Waals surface area contributed by atoms with Gasteiger partial charge < -0.3 is 5.32 Å². The fourth-order valence-electron chi connectivity index (χ4n) is 1.99. The fraction of sp³-hybridized carbons (Fsp3) is 0.538. The number of aryl methyl sites for hydroxylation is 1. The highest BCUT2D eigenvalue weighted by Gasteiger charge is 2.13. The van der Waals surface area contributed by atoms with Crippen molar-refractivity contribution in [2.75, 3.05) is 7.05 Å². The molecule has 2 rings (SSSR count). The molecule has 2 aromatic heterocycles. The van der Waals surface area contributed by atoms with Gasteiger partial charge >= 0.3 is 0 Å². The van der Waals surface area contributed by atoms with E-state index in [0.29, 0.717) is 6.04 Å². The van der Waals surface area contributed by atoms with Gasteiger partial charge in [0.2, 0.25) is 0 Å². The van der Waals surface area contributed by atoms with Gasteiger partial charge in [-0.25, -0.2) is 0 Å². The quantitative estimate of drug-likeness (QED) is 0.875. The number of nitrogens with zero attached hydrogens (tertiary/aromatic N) is 4. The van der Waals surface area contributed by atoms with Crippen molar-refractivity contribution in [1.29, 1.82) is 0 Å². The van der Waals surface area contributed by atoms with Gasteiger partial charge in [0.25, 0.3) is 0 Å². The molecule has 1 N–H and O–H groups in total. The van der Waals surface area contributed by atoms with Crippen molar-refractivity contribution in [1.82, 2.24) is 24.9 Å². The van der Waals surface area contributed by atoms with Gasteiger partial charge in [0.1, 0.15) is 0 Å². The Morgan fingerprint density at radius 1 is 1.39 bits per heavy atom. The van der Waals surface area contributed by atoms with E-state index in [2.05, 4.69) is 35.4 Å². The molecule has 1 unspecified atom stereocenters. The number of nitrogens with one attached hydrogen (secondary N) is 1. The lowest BCUT2D eigenvalue weighted by atomic mass is 10.1. The van der Waals surface area contributed by atoms with E-state index in [1.807, 2.05) is 42.0 Å². The molecule has 0 radical (unpaired) electrons. The molecule has 0 fully saturated rings. The van der Waals surface area contributed by atoms with Gasteiger partial charge in [-0.3, -0.25) is 9.36 Å². The van der Waals surface area contributed by atoms with Crippen molar-refractivity contribution in [2.24, 2.45) is 7.05 Å². The smallest absolute Gasteiger partial charge is 0.0643 e. The SMILES string of the molecule is CNC(Cc1ccn(C(C)C)n1)c1cnn(C)c1. The molecule has 2 heterocycles. The molecule has 98 valence electrons. The first-order chi connectivity index (χ1) is 8.60. The van der Waals surface area contributed by atoms with Gasteiger partial charge in [-0.2, -0.15) is 10.2 Å². The average molecular weight is 247 g/mol. The predicted octanol–water partition coefficient (Wildman–Crippen LogP) is 1.70. The molecule has 1 atom stereocenters. The molecule has 5 heteroatoms. The maximum absolute atomic E-state index is 4.58. The van der Waals surface area contributed by atoms with Crippen molar-refractivity contribution >= 4 is 0 Å². The molecular formula is C13H21N5. The van der Waals surface area contributed by atoms with E-state index in [9.17, 15) is 0 Å². The Morgan fingerprint density at radius 2 is 2.17 bits per heavy atom. The summed E-state index contributed by atoms with van der Waals surface area (Å²) in [7, 11) is 3.90. The third-order valence-electron chi connectivity index (χ3n) is 3.08. The van der Waals surface area contributed by atoms with Gasteiger partial charge in [-0.05, 0) is 27.0 Å². The molecule has 5 nitrogen and oxygen atoms in total. The Labute approximate surface area is 108 Å². The molecule has 0 amide bonds. The minimum atomic E-state index is 0.259. The molecule has 0 saturated carbocycles. The van der Waals surface area contributed by atoms with Gasteiger partial charge in [0.05, 0.1) is 11.9 Å². The van der Waals surface area contributed by atoms with Gasteiger partial charge in [0, 0.05) is 43.5 Å². The highest BCUT2D eigenvalue weighted by atomic mass is 15.3. The summed E-state index contributed by atoms with van der Waals surface area (Å²) in [4.78, 5) is 0. The minimum absolute atomic E-state index is 0.259. The van der Waals surface area contributed by atoms with Crippen molar-refractivity contribution in [2.45, 2.75) is 32.4 Å². The summed E-state index contributed by atoms with van der Waals surface area (Å²) < 4.78 is 3.82. The van der Waals surface area contributed by atoms with Crippen LogP contribution in [0.4, 0.5) is 0 Å². The summed E-state index contributed by atoms with van der Waals surface area (Å²) in [5, 5.41) is 12.1. The molecule has 2 aromatic rings. The lowest BCUT2D eigenvalue weighted by molar-refractivity contribution is 0.515. The first-order valence-electron chi connectivity index (χ1n) is 6.30. The van der Waals surface area contributed by atoms with Crippen LogP contribution < -0.4 is 5.32 Å². The van der Waals surface area contributed by atoms with Crippen LogP contribution in [-0.4, -0.2) is 26.6 Å². The standard InChI is InChI=1S/C13H21N5/c1-10(2)18-6-5-12(16-18)7-13(14-3)11-8-15-17(4)9-11/h5-6,8-10,13-14H,7H2,1-4H3. The second-order valence-electron chi connectivity index (χ2n) is 4.87. The second-order valence-corrected chi connectivity index (χ2v) is 4.87. The Balaban J connectivity index is 2.10. The summed E-state index contributed by atoms with van der Waals surface area (Å²) in [6.45, 7) is 4.26. The van der Waals surface area contributed by atoms with E-state index in [-0.39, 0.29) is 6.04 Å². The lowest BCUT2D eigenvalue weighted by Gasteiger charge is -2.12. The van der Waals surface area contributed by atoms with Crippen molar-refractivity contribution < 1.29 is 0 Å². The highest BCUT2D eigenvalue weighted by molar-refractivity contribution is 5.14. The molecule has 0 aliphatic rings. The molecule has 0 aliphatic heterocycles. The molecule has 0 saturated heterocycles. The lowest BCUT2D eigenvalue weighted by Crippen LogP contribution is -2.18. The van der Waals surface area contributed by atoms with Crippen molar-refractivity contribution in [3.05, 3.63) is 35.9 Å². The minimum Gasteiger partial charge on any atom is -0.313 e. The fourth-order valence-corrected chi connectivity index (χ4v) is 1.99. The number of hydrogen-bond donors (Lipinski definition) is 1. The van der Waals surface area contributed by atoms with Crippen LogP contribution in [-0.2, 0) is 13.5 Å². The normalized spacial score (nSPS) is 13.2. The van der Waals surface area contributed by atoms with Gasteiger partial charge in [-0.15, -0.1) is 0 Å². The summed E-state index contributed by atoms with van der Waals surface area (Å²) >= 11 is 0. The van der Waals surface area contributed by atoms with Gasteiger partial charge in [0.15, 0.2) is 0 Å². The topological polar surface area (TPSA) is 47.7 Å². The zero-order chi connectivity index (χ0) is 13.1. The number of hydrogen-bond acceptors (Lipinski definition) is 3. The third-order valence-corrected chi connectivity index (χ3v) is 3.08. The van der Waals surface area contributed by atoms with E-state index in [4.69, 9.17) is 0 Å². The van der Waals surface area contributed by atoms with Crippen LogP contribution >= 0.6 is 0 Å². The van der Waals surface area contributed by atoms with Crippen molar-refractivity contribution in [3.63, 3.8) is 0 Å². The van der Waals surface area contributed by atoms with E-state index in [1.54, 1.807) is 0 Å². The monoisotopic (exact) mass is 247 g/mol. The number of aromatic nitrogens is 4. The van der Waals surface area contributed by atoms with Crippen molar-refractivity contribution in [3.8, 4) is 0 Å². The molecular weight excluding hydrogens is 226 g/mol. The number of likely N-dealkylation sites (N-methyl/N-ethyl adjacent to an activating group) is 1. The summed E-state index contributed by atoms with van der Waals surface area (Å²) in [5.41, 5.74) is 2.30. The predicted molar refractivity (Wildman–Crippen MR) is 71.3 cm³/mol. The first-order valence-corrected chi connectivity index (χ1v) is 6.30. The molecule has 0 aromatic carbocycles. The summed E-state index contributed by atoms with van der Waals surface area (Å²) in [6.07, 6.45) is 6.86. The van der Waals surface area contributed by atoms with E-state index in [1.165, 1.54) is 5.56 Å². The number of rotatable bonds is 5. The van der Waals surface area contributed by atoms with Gasteiger partial charge in [-0.1, -0.05) is 0 Å². The van der Waals surface area contributed by atoms with Crippen LogP contribution in [0.1, 0.15) is 37.2 Å². The van der Waals surface area contributed by atoms with E-state index >= 15 is 0 Å². The zero-order valence-electron chi connectivity index (χ0n) is 11.5. The van der Waals surface area contributed by atoms with Crippen LogP contribution in [0.5, 0.6) is 0 Å². The molecule has 0 spiro atoms. The second kappa shape index (κ2) is 5.35. The zero-order valence-corrected chi connectivity index (χ0v) is 11.5. The van der Waals surface area contributed by atoms with Crippen LogP contribution in [0.2, 0.25) is 0 Å². The molecule has 18 heavy (non-hydrogen) atoms. The Bertz CT molecular complexity index is 497. The third kappa shape index (κ3) is 2.79. The molecule has 0 bridgehead atoms. The highest BCUT2D eigenvalue weighted by Crippen LogP contribution is 2.17. The maximum atomic E-state index is 4.58. The molecule has 0 aliphatic carbocycles. The Hall–Kier alpha value is -1.62. The van der Waals surface area contributed by atoms with Crippen LogP contribution in [0.15, 0.2) is 24.7 Å². The van der Waals surface area contributed by atoms with E-state index < -0.39 is 0 Å². The Morgan fingerprint density at radius 3 is 2.67 bits per heavy atom.